The molecule has 0 aliphatic carbocycles. The number of hydrogen-bond donors (Lipinski definition) is 2. The smallest absolute Gasteiger partial charge is 0.339 e. The molecule has 1 unspecified atom stereocenters. The largest absolute Gasteiger partial charge is 0.478 e. The van der Waals surface area contributed by atoms with Gasteiger partial charge in [-0.25, -0.2) is 9.18 Å². The second-order valence-electron chi connectivity index (χ2n) is 4.05. The van der Waals surface area contributed by atoms with E-state index in [9.17, 15) is 14.3 Å². The molecule has 0 fully saturated rings. The fourth-order valence-corrected chi connectivity index (χ4v) is 1.76. The minimum absolute atomic E-state index is 0.0818. The van der Waals surface area contributed by atoms with Crippen molar-refractivity contribution in [3.05, 3.63) is 59.3 Å². The number of benzene rings is 1. The van der Waals surface area contributed by atoms with Crippen molar-refractivity contribution in [2.24, 2.45) is 0 Å². The number of carboxylic acids is 1. The van der Waals surface area contributed by atoms with Crippen molar-refractivity contribution < 1.29 is 23.8 Å². The number of hydrogen-bond acceptors (Lipinski definition) is 3. The van der Waals surface area contributed by atoms with Crippen molar-refractivity contribution in [1.82, 2.24) is 0 Å². The summed E-state index contributed by atoms with van der Waals surface area (Å²) >= 11 is 0. The minimum Gasteiger partial charge on any atom is -0.478 e. The minimum atomic E-state index is -1.63. The molecule has 0 saturated carbocycles. The number of rotatable bonds is 3. The lowest BCUT2D eigenvalue weighted by Crippen LogP contribution is -2.24. The Hall–Kier alpha value is -2.14. The van der Waals surface area contributed by atoms with E-state index in [0.29, 0.717) is 5.56 Å². The van der Waals surface area contributed by atoms with E-state index in [1.165, 1.54) is 43.5 Å². The van der Waals surface area contributed by atoms with E-state index in [1.807, 2.05) is 0 Å². The Morgan fingerprint density at radius 1 is 1.28 bits per heavy atom. The predicted molar refractivity (Wildman–Crippen MR) is 60.7 cm³/mol. The van der Waals surface area contributed by atoms with Crippen LogP contribution in [0.1, 0.15) is 28.6 Å². The van der Waals surface area contributed by atoms with Gasteiger partial charge in [0, 0.05) is 0 Å². The van der Waals surface area contributed by atoms with Crippen LogP contribution in [-0.4, -0.2) is 16.2 Å². The highest BCUT2D eigenvalue weighted by molar-refractivity contribution is 5.89. The van der Waals surface area contributed by atoms with Gasteiger partial charge >= 0.3 is 5.97 Å². The van der Waals surface area contributed by atoms with Gasteiger partial charge in [-0.05, 0) is 30.7 Å². The summed E-state index contributed by atoms with van der Waals surface area (Å²) in [5.41, 5.74) is -1.41. The van der Waals surface area contributed by atoms with E-state index in [0.717, 1.165) is 0 Å². The molecule has 1 heterocycles. The van der Waals surface area contributed by atoms with Gasteiger partial charge in [0.25, 0.3) is 0 Å². The topological polar surface area (TPSA) is 70.7 Å². The Kier molecular flexibility index (Phi) is 2.92. The highest BCUT2D eigenvalue weighted by Gasteiger charge is 2.33. The van der Waals surface area contributed by atoms with Crippen LogP contribution in [0.3, 0.4) is 0 Å². The molecule has 0 saturated heterocycles. The summed E-state index contributed by atoms with van der Waals surface area (Å²) < 4.78 is 17.9. The Morgan fingerprint density at radius 2 is 1.89 bits per heavy atom. The average molecular weight is 250 g/mol. The second kappa shape index (κ2) is 4.27. The maximum atomic E-state index is 12.8. The van der Waals surface area contributed by atoms with E-state index in [1.54, 1.807) is 0 Å². The standard InChI is InChI=1S/C13H11FO4/c1-13(17,8-2-4-9(14)5-3-8)11-10(12(15)16)6-7-18-11/h2-7,17H,1H3,(H,15,16). The molecule has 0 bridgehead atoms. The SMILES string of the molecule is CC(O)(c1ccc(F)cc1)c1occc1C(=O)O. The highest BCUT2D eigenvalue weighted by atomic mass is 19.1. The van der Waals surface area contributed by atoms with Crippen LogP contribution in [0.15, 0.2) is 41.0 Å². The Balaban J connectivity index is 2.50. The van der Waals surface area contributed by atoms with Crippen LogP contribution < -0.4 is 0 Å². The Bertz CT molecular complexity index is 569. The van der Waals surface area contributed by atoms with E-state index in [2.05, 4.69) is 0 Å². The summed E-state index contributed by atoms with van der Waals surface area (Å²) in [4.78, 5) is 11.0. The molecule has 0 aliphatic rings. The van der Waals surface area contributed by atoms with Crippen molar-refractivity contribution in [2.45, 2.75) is 12.5 Å². The molecule has 0 spiro atoms. The van der Waals surface area contributed by atoms with Gasteiger partial charge in [0.2, 0.25) is 0 Å². The summed E-state index contributed by atoms with van der Waals surface area (Å²) in [5.74, 6) is -1.71. The second-order valence-corrected chi connectivity index (χ2v) is 4.05. The zero-order chi connectivity index (χ0) is 13.3. The fourth-order valence-electron chi connectivity index (χ4n) is 1.76. The zero-order valence-electron chi connectivity index (χ0n) is 9.55. The van der Waals surface area contributed by atoms with E-state index < -0.39 is 17.4 Å². The van der Waals surface area contributed by atoms with Crippen LogP contribution >= 0.6 is 0 Å². The summed E-state index contributed by atoms with van der Waals surface area (Å²) in [5, 5.41) is 19.4. The molecule has 2 N–H and O–H groups in total. The third-order valence-electron chi connectivity index (χ3n) is 2.74. The van der Waals surface area contributed by atoms with Crippen LogP contribution in [0.4, 0.5) is 4.39 Å². The van der Waals surface area contributed by atoms with Gasteiger partial charge in [0.1, 0.15) is 17.0 Å². The average Bonchev–Trinajstić information content (AvgIpc) is 2.79. The number of aromatic carboxylic acids is 1. The quantitative estimate of drug-likeness (QED) is 0.877. The van der Waals surface area contributed by atoms with Gasteiger partial charge in [-0.3, -0.25) is 0 Å². The van der Waals surface area contributed by atoms with Gasteiger partial charge in [0.05, 0.1) is 6.26 Å². The summed E-state index contributed by atoms with van der Waals surface area (Å²) in [6.07, 6.45) is 1.19. The zero-order valence-corrected chi connectivity index (χ0v) is 9.55. The highest BCUT2D eigenvalue weighted by Crippen LogP contribution is 2.32. The molecule has 0 amide bonds. The maximum Gasteiger partial charge on any atom is 0.339 e. The van der Waals surface area contributed by atoms with Gasteiger partial charge in [-0.2, -0.15) is 0 Å². The molecule has 0 radical (unpaired) electrons. The lowest BCUT2D eigenvalue weighted by atomic mass is 9.91. The first-order chi connectivity index (χ1) is 8.43. The molecule has 0 aliphatic heterocycles. The van der Waals surface area contributed by atoms with E-state index >= 15 is 0 Å². The van der Waals surface area contributed by atoms with Gasteiger partial charge in [0.15, 0.2) is 5.76 Å². The van der Waals surface area contributed by atoms with Crippen molar-refractivity contribution in [3.63, 3.8) is 0 Å². The molecule has 94 valence electrons. The van der Waals surface area contributed by atoms with Gasteiger partial charge < -0.3 is 14.6 Å². The fraction of sp³-hybridized carbons (Fsp3) is 0.154. The monoisotopic (exact) mass is 250 g/mol. The maximum absolute atomic E-state index is 12.8. The molecule has 5 heteroatoms. The lowest BCUT2D eigenvalue weighted by Gasteiger charge is -2.22. The van der Waals surface area contributed by atoms with Crippen molar-refractivity contribution in [2.75, 3.05) is 0 Å². The molecule has 1 aromatic heterocycles. The molecule has 18 heavy (non-hydrogen) atoms. The number of carbonyl (C=O) groups is 1. The third-order valence-corrected chi connectivity index (χ3v) is 2.74. The summed E-state index contributed by atoms with van der Waals surface area (Å²) in [6.45, 7) is 1.39. The first-order valence-electron chi connectivity index (χ1n) is 5.22. The molecular weight excluding hydrogens is 239 g/mol. The molecule has 1 atom stereocenters. The lowest BCUT2D eigenvalue weighted by molar-refractivity contribution is 0.0615. The molecule has 2 aromatic rings. The van der Waals surface area contributed by atoms with Crippen molar-refractivity contribution in [1.29, 1.82) is 0 Å². The van der Waals surface area contributed by atoms with Gasteiger partial charge in [-0.1, -0.05) is 12.1 Å². The number of aliphatic hydroxyl groups is 1. The van der Waals surface area contributed by atoms with Crippen LogP contribution in [-0.2, 0) is 5.60 Å². The first-order valence-corrected chi connectivity index (χ1v) is 5.22. The molecule has 4 nitrogen and oxygen atoms in total. The van der Waals surface area contributed by atoms with E-state index in [-0.39, 0.29) is 11.3 Å². The van der Waals surface area contributed by atoms with Crippen LogP contribution in [0.5, 0.6) is 0 Å². The van der Waals surface area contributed by atoms with Gasteiger partial charge in [-0.15, -0.1) is 0 Å². The van der Waals surface area contributed by atoms with Crippen molar-refractivity contribution in [3.8, 4) is 0 Å². The number of halogens is 1. The van der Waals surface area contributed by atoms with Crippen LogP contribution in [0.25, 0.3) is 0 Å². The number of carboxylic acid groups (broad SMARTS) is 1. The van der Waals surface area contributed by atoms with E-state index in [4.69, 9.17) is 9.52 Å². The van der Waals surface area contributed by atoms with Crippen LogP contribution in [0, 0.1) is 5.82 Å². The third kappa shape index (κ3) is 2.00. The normalized spacial score (nSPS) is 14.2. The predicted octanol–water partition coefficient (Wildman–Crippen LogP) is 2.37. The number of furan rings is 1. The van der Waals surface area contributed by atoms with Crippen LogP contribution in [0.2, 0.25) is 0 Å². The Morgan fingerprint density at radius 3 is 2.44 bits per heavy atom. The molecule has 1 aromatic carbocycles. The molecular formula is C13H11FO4. The molecule has 2 rings (SSSR count). The van der Waals surface area contributed by atoms with Crippen molar-refractivity contribution >= 4 is 5.97 Å². The Labute approximate surface area is 102 Å². The first kappa shape index (κ1) is 12.3. The summed E-state index contributed by atoms with van der Waals surface area (Å²) in [6, 6.07) is 6.39. The summed E-state index contributed by atoms with van der Waals surface area (Å²) in [7, 11) is 0.